The summed E-state index contributed by atoms with van der Waals surface area (Å²) in [6.07, 6.45) is 4.94. The smallest absolute Gasteiger partial charge is 0.228 e. The Hall–Kier alpha value is -1.30. The van der Waals surface area contributed by atoms with Crippen molar-refractivity contribution in [2.45, 2.75) is 19.3 Å². The largest absolute Gasteiger partial charge is 0.345 e. The van der Waals surface area contributed by atoms with Crippen LogP contribution in [0.3, 0.4) is 0 Å². The van der Waals surface area contributed by atoms with Gasteiger partial charge in [-0.2, -0.15) is 0 Å². The Morgan fingerprint density at radius 3 is 2.82 bits per heavy atom. The zero-order valence-electron chi connectivity index (χ0n) is 12.1. The monoisotopic (exact) mass is 342 g/mol. The fourth-order valence-corrected chi connectivity index (χ4v) is 3.48. The number of halogens is 2. The molecule has 1 amide bonds. The van der Waals surface area contributed by atoms with Crippen LogP contribution < -0.4 is 10.6 Å². The lowest BCUT2D eigenvalue weighted by Crippen LogP contribution is -2.31. The van der Waals surface area contributed by atoms with Gasteiger partial charge in [-0.25, -0.2) is 4.98 Å². The van der Waals surface area contributed by atoms with Crippen molar-refractivity contribution in [1.82, 2.24) is 15.3 Å². The minimum absolute atomic E-state index is 0. The number of aromatic amines is 1. The van der Waals surface area contributed by atoms with Gasteiger partial charge < -0.3 is 15.6 Å². The molecule has 22 heavy (non-hydrogen) atoms. The van der Waals surface area contributed by atoms with E-state index in [1.165, 1.54) is 0 Å². The first-order chi connectivity index (χ1) is 9.78. The van der Waals surface area contributed by atoms with Crippen molar-refractivity contribution in [2.24, 2.45) is 11.3 Å². The molecule has 1 spiro atoms. The van der Waals surface area contributed by atoms with Crippen LogP contribution in [0, 0.1) is 11.3 Å². The number of rotatable bonds is 2. The van der Waals surface area contributed by atoms with Gasteiger partial charge in [0.25, 0.3) is 0 Å². The molecule has 1 saturated heterocycles. The van der Waals surface area contributed by atoms with Crippen molar-refractivity contribution in [3.8, 4) is 0 Å². The quantitative estimate of drug-likeness (QED) is 0.785. The molecular formula is C15H20Cl2N4O. The minimum atomic E-state index is 0. The molecule has 2 fully saturated rings. The zero-order valence-corrected chi connectivity index (χ0v) is 13.7. The molecule has 1 atom stereocenters. The third-order valence-electron chi connectivity index (χ3n) is 4.81. The molecule has 0 bridgehead atoms. The summed E-state index contributed by atoms with van der Waals surface area (Å²) >= 11 is 0. The van der Waals surface area contributed by atoms with Crippen molar-refractivity contribution in [2.75, 3.05) is 18.4 Å². The first kappa shape index (κ1) is 17.1. The molecule has 120 valence electrons. The normalized spacial score (nSPS) is 21.7. The van der Waals surface area contributed by atoms with Crippen LogP contribution in [0.1, 0.15) is 19.3 Å². The number of hydrogen-bond acceptors (Lipinski definition) is 3. The number of anilines is 1. The fourth-order valence-electron chi connectivity index (χ4n) is 3.48. The zero-order chi connectivity index (χ0) is 13.6. The number of carbonyl (C=O) groups is 1. The number of nitrogens with zero attached hydrogens (tertiary/aromatic N) is 1. The van der Waals surface area contributed by atoms with Gasteiger partial charge >= 0.3 is 0 Å². The topological polar surface area (TPSA) is 69.8 Å². The van der Waals surface area contributed by atoms with E-state index >= 15 is 0 Å². The third kappa shape index (κ3) is 2.81. The number of fused-ring (bicyclic) bond motifs is 1. The summed E-state index contributed by atoms with van der Waals surface area (Å²) < 4.78 is 0. The number of aromatic nitrogens is 2. The van der Waals surface area contributed by atoms with Crippen molar-refractivity contribution < 1.29 is 4.79 Å². The lowest BCUT2D eigenvalue weighted by Gasteiger charge is -2.23. The third-order valence-corrected chi connectivity index (χ3v) is 4.81. The predicted molar refractivity (Wildman–Crippen MR) is 91.9 cm³/mol. The number of H-pyrrole nitrogens is 1. The highest BCUT2D eigenvalue weighted by Gasteiger charge is 2.57. The molecule has 7 heteroatoms. The van der Waals surface area contributed by atoms with E-state index in [-0.39, 0.29) is 42.1 Å². The summed E-state index contributed by atoms with van der Waals surface area (Å²) in [7, 11) is 0. The lowest BCUT2D eigenvalue weighted by molar-refractivity contribution is -0.118. The van der Waals surface area contributed by atoms with Crippen LogP contribution in [0.2, 0.25) is 0 Å². The fraction of sp³-hybridized carbons (Fsp3) is 0.467. The number of amides is 1. The molecule has 1 aliphatic heterocycles. The van der Waals surface area contributed by atoms with Crippen molar-refractivity contribution in [1.29, 1.82) is 0 Å². The molecule has 4 rings (SSSR count). The van der Waals surface area contributed by atoms with Crippen molar-refractivity contribution in [3.63, 3.8) is 0 Å². The summed E-state index contributed by atoms with van der Waals surface area (Å²) in [5, 5.41) is 6.43. The molecule has 1 saturated carbocycles. The second-order valence-corrected chi connectivity index (χ2v) is 5.96. The summed E-state index contributed by atoms with van der Waals surface area (Å²) in [5.41, 5.74) is 2.87. The van der Waals surface area contributed by atoms with E-state index in [1.54, 1.807) is 6.33 Å². The lowest BCUT2D eigenvalue weighted by atomic mass is 9.92. The Kier molecular flexibility index (Phi) is 5.00. The average molecular weight is 343 g/mol. The van der Waals surface area contributed by atoms with Crippen LogP contribution in [0.5, 0.6) is 0 Å². The van der Waals surface area contributed by atoms with Gasteiger partial charge in [0.2, 0.25) is 5.91 Å². The van der Waals surface area contributed by atoms with E-state index in [4.69, 9.17) is 0 Å². The Morgan fingerprint density at radius 1 is 1.27 bits per heavy atom. The molecular weight excluding hydrogens is 323 g/mol. The molecule has 1 aliphatic carbocycles. The number of hydrogen-bond donors (Lipinski definition) is 3. The summed E-state index contributed by atoms with van der Waals surface area (Å²) in [6, 6.07) is 5.81. The van der Waals surface area contributed by atoms with E-state index in [9.17, 15) is 4.79 Å². The molecule has 2 aromatic rings. The number of benzene rings is 1. The number of imidazole rings is 1. The molecule has 5 nitrogen and oxygen atoms in total. The molecule has 1 unspecified atom stereocenters. The van der Waals surface area contributed by atoms with Gasteiger partial charge in [0.15, 0.2) is 0 Å². The van der Waals surface area contributed by atoms with E-state index < -0.39 is 0 Å². The number of piperidine rings is 1. The van der Waals surface area contributed by atoms with Gasteiger partial charge in [-0.15, -0.1) is 24.8 Å². The van der Waals surface area contributed by atoms with Gasteiger partial charge in [-0.05, 0) is 49.9 Å². The first-order valence-corrected chi connectivity index (χ1v) is 7.22. The average Bonchev–Trinajstić information content (AvgIpc) is 2.95. The Morgan fingerprint density at radius 2 is 2.05 bits per heavy atom. The van der Waals surface area contributed by atoms with Crippen LogP contribution in [-0.4, -0.2) is 29.0 Å². The maximum Gasteiger partial charge on any atom is 0.228 e. The molecule has 1 aromatic heterocycles. The number of para-hydroxylation sites is 1. The summed E-state index contributed by atoms with van der Waals surface area (Å²) in [4.78, 5) is 19.8. The Labute approximate surface area is 141 Å². The molecule has 3 N–H and O–H groups in total. The second-order valence-electron chi connectivity index (χ2n) is 5.96. The van der Waals surface area contributed by atoms with Crippen LogP contribution in [0.4, 0.5) is 5.69 Å². The van der Waals surface area contributed by atoms with Gasteiger partial charge in [0.05, 0.1) is 17.5 Å². The standard InChI is InChI=1S/C15H18N4O.2ClH/c20-14(10-8-15(10)4-6-16-7-5-15)19-12-3-1-2-11-13(12)18-9-17-11;;/h1-3,9-10,16H,4-8H2,(H,17,18)(H,19,20);2*1H. The Bertz CT molecular complexity index is 666. The first-order valence-electron chi connectivity index (χ1n) is 7.22. The van der Waals surface area contributed by atoms with Crippen LogP contribution in [0.15, 0.2) is 24.5 Å². The van der Waals surface area contributed by atoms with Gasteiger partial charge in [-0.1, -0.05) is 6.07 Å². The highest BCUT2D eigenvalue weighted by molar-refractivity contribution is 6.01. The molecule has 2 heterocycles. The molecule has 1 aromatic carbocycles. The number of carbonyl (C=O) groups excluding carboxylic acids is 1. The van der Waals surface area contributed by atoms with Crippen LogP contribution in [0.25, 0.3) is 11.0 Å². The van der Waals surface area contributed by atoms with Crippen LogP contribution >= 0.6 is 24.8 Å². The number of nitrogens with one attached hydrogen (secondary N) is 3. The van der Waals surface area contributed by atoms with Crippen LogP contribution in [-0.2, 0) is 4.79 Å². The molecule has 0 radical (unpaired) electrons. The summed E-state index contributed by atoms with van der Waals surface area (Å²) in [5.74, 6) is 0.334. The summed E-state index contributed by atoms with van der Waals surface area (Å²) in [6.45, 7) is 2.08. The van der Waals surface area contributed by atoms with E-state index in [2.05, 4.69) is 20.6 Å². The maximum absolute atomic E-state index is 12.4. The van der Waals surface area contributed by atoms with Crippen molar-refractivity contribution >= 4 is 47.4 Å². The maximum atomic E-state index is 12.4. The van der Waals surface area contributed by atoms with E-state index in [1.807, 2.05) is 18.2 Å². The predicted octanol–water partition coefficient (Wildman–Crippen LogP) is 2.73. The van der Waals surface area contributed by atoms with Gasteiger partial charge in [-0.3, -0.25) is 4.79 Å². The minimum Gasteiger partial charge on any atom is -0.345 e. The second kappa shape index (κ2) is 6.44. The highest BCUT2D eigenvalue weighted by atomic mass is 35.5. The molecule has 2 aliphatic rings. The Balaban J connectivity index is 0.000000882. The van der Waals surface area contributed by atoms with E-state index in [0.717, 1.165) is 49.1 Å². The van der Waals surface area contributed by atoms with E-state index in [0.29, 0.717) is 0 Å². The SMILES string of the molecule is Cl.Cl.O=C(Nc1cccc2[nH]cnc12)C1CC12CCNCC2. The highest BCUT2D eigenvalue weighted by Crippen LogP contribution is 2.58. The van der Waals surface area contributed by atoms with Crippen molar-refractivity contribution in [3.05, 3.63) is 24.5 Å². The van der Waals surface area contributed by atoms with Gasteiger partial charge in [0, 0.05) is 5.92 Å². The van der Waals surface area contributed by atoms with Gasteiger partial charge in [0.1, 0.15) is 5.52 Å².